The van der Waals surface area contributed by atoms with Gasteiger partial charge in [0.05, 0.1) is 31.5 Å². The number of esters is 1. The lowest BCUT2D eigenvalue weighted by Crippen LogP contribution is -2.36. The standard InChI is InChI=1S/C22H24N4O5/c1-13(21(29)31-5)23-19(27)14(2)26-11-17-15(7-6-8-16(17)20(26)28)18-9-10-25(24-18)12-22(3,4)30/h6-10,30H,1-2,11-12H2,3-5H3,(H,23,27). The second kappa shape index (κ2) is 8.19. The zero-order valence-electron chi connectivity index (χ0n) is 17.6. The number of rotatable bonds is 7. The summed E-state index contributed by atoms with van der Waals surface area (Å²) in [5.41, 5.74) is 1.24. The van der Waals surface area contributed by atoms with E-state index in [1.54, 1.807) is 42.9 Å². The monoisotopic (exact) mass is 424 g/mol. The molecule has 9 heteroatoms. The van der Waals surface area contributed by atoms with Gasteiger partial charge in [-0.15, -0.1) is 0 Å². The molecule has 2 heterocycles. The molecule has 0 saturated heterocycles. The van der Waals surface area contributed by atoms with Crippen molar-refractivity contribution in [3.8, 4) is 11.3 Å². The van der Waals surface area contributed by atoms with Gasteiger partial charge in [-0.2, -0.15) is 5.10 Å². The first kappa shape index (κ1) is 22.0. The van der Waals surface area contributed by atoms with Crippen LogP contribution in [0.5, 0.6) is 0 Å². The fraction of sp³-hybridized carbons (Fsp3) is 0.273. The molecule has 31 heavy (non-hydrogen) atoms. The number of nitrogens with zero attached hydrogens (tertiary/aromatic N) is 3. The number of carbonyl (C=O) groups is 3. The minimum Gasteiger partial charge on any atom is -0.464 e. The van der Waals surface area contributed by atoms with Crippen LogP contribution >= 0.6 is 0 Å². The summed E-state index contributed by atoms with van der Waals surface area (Å²) in [5, 5.41) is 16.8. The molecule has 2 N–H and O–H groups in total. The summed E-state index contributed by atoms with van der Waals surface area (Å²) in [6.45, 7) is 11.0. The Bertz CT molecular complexity index is 1090. The normalized spacial score (nSPS) is 13.0. The summed E-state index contributed by atoms with van der Waals surface area (Å²) in [5.74, 6) is -1.90. The van der Waals surface area contributed by atoms with Gasteiger partial charge in [0, 0.05) is 17.3 Å². The van der Waals surface area contributed by atoms with Crippen LogP contribution in [-0.2, 0) is 27.4 Å². The second-order valence-corrected chi connectivity index (χ2v) is 7.80. The Morgan fingerprint density at radius 2 is 1.94 bits per heavy atom. The number of hydrogen-bond donors (Lipinski definition) is 2. The highest BCUT2D eigenvalue weighted by atomic mass is 16.5. The molecule has 162 valence electrons. The molecule has 2 aromatic rings. The molecule has 0 saturated carbocycles. The largest absolute Gasteiger partial charge is 0.464 e. The zero-order valence-corrected chi connectivity index (χ0v) is 17.6. The summed E-state index contributed by atoms with van der Waals surface area (Å²) in [4.78, 5) is 38.0. The third-order valence-electron chi connectivity index (χ3n) is 4.72. The summed E-state index contributed by atoms with van der Waals surface area (Å²) in [7, 11) is 1.17. The Morgan fingerprint density at radius 1 is 1.26 bits per heavy atom. The van der Waals surface area contributed by atoms with Gasteiger partial charge in [0.1, 0.15) is 11.4 Å². The maximum atomic E-state index is 12.9. The van der Waals surface area contributed by atoms with E-state index in [1.165, 1.54) is 12.0 Å². The van der Waals surface area contributed by atoms with E-state index in [0.717, 1.165) is 5.56 Å². The average molecular weight is 424 g/mol. The van der Waals surface area contributed by atoms with Crippen LogP contribution < -0.4 is 5.32 Å². The van der Waals surface area contributed by atoms with E-state index in [0.29, 0.717) is 23.4 Å². The van der Waals surface area contributed by atoms with Crippen molar-refractivity contribution in [1.29, 1.82) is 0 Å². The summed E-state index contributed by atoms with van der Waals surface area (Å²) in [6, 6.07) is 7.06. The van der Waals surface area contributed by atoms with Crippen LogP contribution in [-0.4, -0.2) is 50.3 Å². The molecule has 0 spiro atoms. The van der Waals surface area contributed by atoms with E-state index in [2.05, 4.69) is 28.3 Å². The first-order valence-electron chi connectivity index (χ1n) is 9.49. The molecular weight excluding hydrogens is 400 g/mol. The van der Waals surface area contributed by atoms with Crippen molar-refractivity contribution in [2.45, 2.75) is 32.5 Å². The molecule has 1 aliphatic heterocycles. The molecule has 1 aliphatic rings. The van der Waals surface area contributed by atoms with Gasteiger partial charge < -0.3 is 15.2 Å². The highest BCUT2D eigenvalue weighted by Crippen LogP contribution is 2.33. The van der Waals surface area contributed by atoms with Gasteiger partial charge in [-0.3, -0.25) is 19.2 Å². The van der Waals surface area contributed by atoms with Crippen molar-refractivity contribution in [3.63, 3.8) is 0 Å². The molecule has 0 atom stereocenters. The number of amides is 2. The van der Waals surface area contributed by atoms with Crippen molar-refractivity contribution in [2.24, 2.45) is 0 Å². The number of aromatic nitrogens is 2. The molecule has 2 amide bonds. The van der Waals surface area contributed by atoms with Crippen LogP contribution in [0.2, 0.25) is 0 Å². The highest BCUT2D eigenvalue weighted by Gasteiger charge is 2.34. The first-order valence-corrected chi connectivity index (χ1v) is 9.49. The number of carbonyl (C=O) groups excluding carboxylic acids is 3. The average Bonchev–Trinajstić information content (AvgIpc) is 3.29. The van der Waals surface area contributed by atoms with E-state index in [-0.39, 0.29) is 23.8 Å². The summed E-state index contributed by atoms with van der Waals surface area (Å²) < 4.78 is 6.13. The number of methoxy groups -OCH3 is 1. The molecule has 9 nitrogen and oxygen atoms in total. The number of aliphatic hydroxyl groups is 1. The van der Waals surface area contributed by atoms with Gasteiger partial charge in [0.2, 0.25) is 0 Å². The van der Waals surface area contributed by atoms with Gasteiger partial charge in [-0.25, -0.2) is 4.79 Å². The number of hydrogen-bond acceptors (Lipinski definition) is 6. The number of benzene rings is 1. The van der Waals surface area contributed by atoms with Crippen molar-refractivity contribution >= 4 is 17.8 Å². The van der Waals surface area contributed by atoms with Crippen molar-refractivity contribution in [2.75, 3.05) is 7.11 Å². The number of nitrogens with one attached hydrogen (secondary N) is 1. The van der Waals surface area contributed by atoms with E-state index < -0.39 is 17.5 Å². The first-order chi connectivity index (χ1) is 14.5. The Kier molecular flexibility index (Phi) is 5.81. The fourth-order valence-electron chi connectivity index (χ4n) is 3.29. The van der Waals surface area contributed by atoms with Gasteiger partial charge in [0.15, 0.2) is 0 Å². The van der Waals surface area contributed by atoms with Crippen molar-refractivity contribution in [1.82, 2.24) is 20.0 Å². The Balaban J connectivity index is 1.83. The quantitative estimate of drug-likeness (QED) is 0.516. The van der Waals surface area contributed by atoms with Crippen LogP contribution in [0.25, 0.3) is 11.3 Å². The molecule has 1 aromatic heterocycles. The second-order valence-electron chi connectivity index (χ2n) is 7.80. The molecule has 1 aromatic carbocycles. The predicted molar refractivity (Wildman–Crippen MR) is 112 cm³/mol. The van der Waals surface area contributed by atoms with Crippen LogP contribution in [0.1, 0.15) is 29.8 Å². The number of ether oxygens (including phenoxy) is 1. The van der Waals surface area contributed by atoms with Crippen LogP contribution in [0.4, 0.5) is 0 Å². The topological polar surface area (TPSA) is 114 Å². The van der Waals surface area contributed by atoms with Crippen molar-refractivity contribution in [3.05, 3.63) is 66.1 Å². The summed E-state index contributed by atoms with van der Waals surface area (Å²) in [6.07, 6.45) is 1.76. The Labute approximate surface area is 179 Å². The van der Waals surface area contributed by atoms with E-state index in [4.69, 9.17) is 0 Å². The molecule has 0 fully saturated rings. The Hall–Kier alpha value is -3.72. The van der Waals surface area contributed by atoms with E-state index in [1.807, 2.05) is 6.07 Å². The van der Waals surface area contributed by atoms with E-state index >= 15 is 0 Å². The smallest absolute Gasteiger partial charge is 0.353 e. The molecule has 3 rings (SSSR count). The molecular formula is C22H24N4O5. The SMILES string of the molecule is C=C(NC(=O)C(=C)N1Cc2c(cccc2-c2ccn(CC(C)(C)O)n2)C1=O)C(=O)OC. The van der Waals surface area contributed by atoms with Gasteiger partial charge >= 0.3 is 5.97 Å². The maximum absolute atomic E-state index is 12.9. The van der Waals surface area contributed by atoms with Crippen LogP contribution in [0, 0.1) is 0 Å². The van der Waals surface area contributed by atoms with Gasteiger partial charge in [-0.05, 0) is 31.5 Å². The predicted octanol–water partition coefficient (Wildman–Crippen LogP) is 1.59. The lowest BCUT2D eigenvalue weighted by molar-refractivity contribution is -0.137. The maximum Gasteiger partial charge on any atom is 0.353 e. The highest BCUT2D eigenvalue weighted by molar-refractivity contribution is 6.07. The molecule has 0 bridgehead atoms. The lowest BCUT2D eigenvalue weighted by Gasteiger charge is -2.18. The zero-order chi connectivity index (χ0) is 22.9. The van der Waals surface area contributed by atoms with Crippen LogP contribution in [0.3, 0.4) is 0 Å². The summed E-state index contributed by atoms with van der Waals surface area (Å²) >= 11 is 0. The molecule has 0 radical (unpaired) electrons. The van der Waals surface area contributed by atoms with Gasteiger partial charge in [0.25, 0.3) is 11.8 Å². The van der Waals surface area contributed by atoms with Crippen molar-refractivity contribution < 1.29 is 24.2 Å². The minimum absolute atomic E-state index is 0.121. The third-order valence-corrected chi connectivity index (χ3v) is 4.72. The molecule has 0 aliphatic carbocycles. The molecule has 0 unspecified atom stereocenters. The fourth-order valence-corrected chi connectivity index (χ4v) is 3.29. The third kappa shape index (κ3) is 4.56. The lowest BCUT2D eigenvalue weighted by atomic mass is 10.0. The number of fused-ring (bicyclic) bond motifs is 1. The van der Waals surface area contributed by atoms with Crippen LogP contribution in [0.15, 0.2) is 55.0 Å². The minimum atomic E-state index is -0.923. The Morgan fingerprint density at radius 3 is 2.58 bits per heavy atom. The van der Waals surface area contributed by atoms with E-state index in [9.17, 15) is 19.5 Å². The van der Waals surface area contributed by atoms with Gasteiger partial charge in [-0.1, -0.05) is 25.3 Å².